The van der Waals surface area contributed by atoms with Crippen LogP contribution in [0.2, 0.25) is 5.02 Å². The first-order valence-electron chi connectivity index (χ1n) is 4.14. The molecule has 0 bridgehead atoms. The SMILES string of the molecule is O=C(O)c1nc(CO)n2cc(Cl)ccc12. The molecule has 6 heteroatoms. The van der Waals surface area contributed by atoms with E-state index in [2.05, 4.69) is 4.98 Å². The lowest BCUT2D eigenvalue weighted by molar-refractivity contribution is 0.0693. The number of aromatic nitrogens is 2. The third kappa shape index (κ3) is 1.55. The van der Waals surface area contributed by atoms with Gasteiger partial charge < -0.3 is 10.2 Å². The second-order valence-corrected chi connectivity index (χ2v) is 3.38. The van der Waals surface area contributed by atoms with Crippen LogP contribution in [-0.4, -0.2) is 25.6 Å². The largest absolute Gasteiger partial charge is 0.476 e. The molecule has 0 amide bonds. The van der Waals surface area contributed by atoms with E-state index in [9.17, 15) is 4.79 Å². The van der Waals surface area contributed by atoms with E-state index in [1.807, 2.05) is 0 Å². The first-order chi connectivity index (χ1) is 7.13. The number of aromatic carboxylic acids is 1. The predicted octanol–water partition coefficient (Wildman–Crippen LogP) is 1.18. The Bertz CT molecular complexity index is 535. The molecule has 78 valence electrons. The summed E-state index contributed by atoms with van der Waals surface area (Å²) in [6, 6.07) is 3.13. The fraction of sp³-hybridized carbons (Fsp3) is 0.111. The monoisotopic (exact) mass is 226 g/mol. The number of hydrogen-bond donors (Lipinski definition) is 2. The number of pyridine rings is 1. The molecule has 0 saturated carbocycles. The minimum Gasteiger partial charge on any atom is -0.476 e. The van der Waals surface area contributed by atoms with Crippen LogP contribution in [0.15, 0.2) is 18.3 Å². The second-order valence-electron chi connectivity index (χ2n) is 2.94. The Kier molecular flexibility index (Phi) is 2.34. The van der Waals surface area contributed by atoms with E-state index in [-0.39, 0.29) is 18.1 Å². The van der Waals surface area contributed by atoms with Gasteiger partial charge in [0.15, 0.2) is 5.69 Å². The van der Waals surface area contributed by atoms with Crippen LogP contribution >= 0.6 is 11.6 Å². The van der Waals surface area contributed by atoms with Crippen molar-refractivity contribution in [3.8, 4) is 0 Å². The molecule has 2 aromatic heterocycles. The first kappa shape index (κ1) is 9.95. The fourth-order valence-electron chi connectivity index (χ4n) is 1.39. The summed E-state index contributed by atoms with van der Waals surface area (Å²) in [4.78, 5) is 14.6. The van der Waals surface area contributed by atoms with E-state index in [1.165, 1.54) is 10.6 Å². The smallest absolute Gasteiger partial charge is 0.356 e. The van der Waals surface area contributed by atoms with Crippen molar-refractivity contribution in [2.75, 3.05) is 0 Å². The van der Waals surface area contributed by atoms with Crippen LogP contribution in [0.25, 0.3) is 5.52 Å². The van der Waals surface area contributed by atoms with Crippen LogP contribution in [0.4, 0.5) is 0 Å². The highest BCUT2D eigenvalue weighted by atomic mass is 35.5. The highest BCUT2D eigenvalue weighted by molar-refractivity contribution is 6.30. The van der Waals surface area contributed by atoms with Crippen molar-refractivity contribution in [3.05, 3.63) is 34.9 Å². The van der Waals surface area contributed by atoms with Gasteiger partial charge in [-0.25, -0.2) is 9.78 Å². The standard InChI is InChI=1S/C9H7ClN2O3/c10-5-1-2-6-8(9(14)15)11-7(4-13)12(6)3-5/h1-3,13H,4H2,(H,14,15). The summed E-state index contributed by atoms with van der Waals surface area (Å²) in [7, 11) is 0. The Morgan fingerprint density at radius 3 is 2.87 bits per heavy atom. The molecule has 0 atom stereocenters. The molecular weight excluding hydrogens is 220 g/mol. The van der Waals surface area contributed by atoms with Crippen LogP contribution in [0.3, 0.4) is 0 Å². The van der Waals surface area contributed by atoms with E-state index in [0.29, 0.717) is 10.5 Å². The number of aliphatic hydroxyl groups excluding tert-OH is 1. The molecule has 2 rings (SSSR count). The molecule has 2 N–H and O–H groups in total. The maximum atomic E-state index is 10.8. The van der Waals surface area contributed by atoms with Gasteiger partial charge in [0, 0.05) is 6.20 Å². The Morgan fingerprint density at radius 2 is 2.27 bits per heavy atom. The first-order valence-corrected chi connectivity index (χ1v) is 4.52. The summed E-state index contributed by atoms with van der Waals surface area (Å²) in [6.45, 7) is -0.339. The Balaban J connectivity index is 2.81. The Labute approximate surface area is 89.6 Å². The van der Waals surface area contributed by atoms with Crippen molar-refractivity contribution in [1.82, 2.24) is 9.38 Å². The topological polar surface area (TPSA) is 74.8 Å². The number of carboxylic acid groups (broad SMARTS) is 1. The van der Waals surface area contributed by atoms with Crippen molar-refractivity contribution in [3.63, 3.8) is 0 Å². The molecule has 0 saturated heterocycles. The molecule has 0 radical (unpaired) electrons. The maximum absolute atomic E-state index is 10.8. The van der Waals surface area contributed by atoms with Crippen molar-refractivity contribution in [2.45, 2.75) is 6.61 Å². The number of imidazole rings is 1. The normalized spacial score (nSPS) is 10.8. The number of nitrogens with zero attached hydrogens (tertiary/aromatic N) is 2. The van der Waals surface area contributed by atoms with Gasteiger partial charge >= 0.3 is 5.97 Å². The van der Waals surface area contributed by atoms with Gasteiger partial charge in [-0.2, -0.15) is 0 Å². The number of carboxylic acids is 1. The lowest BCUT2D eigenvalue weighted by Gasteiger charge is -1.97. The van der Waals surface area contributed by atoms with Crippen LogP contribution < -0.4 is 0 Å². The average molecular weight is 227 g/mol. The van der Waals surface area contributed by atoms with Crippen molar-refractivity contribution in [1.29, 1.82) is 0 Å². The molecule has 5 nitrogen and oxygen atoms in total. The summed E-state index contributed by atoms with van der Waals surface area (Å²) < 4.78 is 1.46. The van der Waals surface area contributed by atoms with E-state index < -0.39 is 5.97 Å². The van der Waals surface area contributed by atoms with Crippen molar-refractivity contribution >= 4 is 23.1 Å². The van der Waals surface area contributed by atoms with Gasteiger partial charge in [0.05, 0.1) is 10.5 Å². The lowest BCUT2D eigenvalue weighted by Crippen LogP contribution is -1.97. The summed E-state index contributed by atoms with van der Waals surface area (Å²) in [5.41, 5.74) is 0.326. The minimum absolute atomic E-state index is 0.0873. The lowest BCUT2D eigenvalue weighted by atomic mass is 10.3. The second kappa shape index (κ2) is 3.52. The zero-order valence-electron chi connectivity index (χ0n) is 7.51. The van der Waals surface area contributed by atoms with Gasteiger partial charge in [-0.15, -0.1) is 0 Å². The summed E-state index contributed by atoms with van der Waals surface area (Å²) in [5.74, 6) is -0.876. The third-order valence-electron chi connectivity index (χ3n) is 2.02. The molecule has 2 aromatic rings. The summed E-state index contributed by atoms with van der Waals surface area (Å²) in [5, 5.41) is 18.3. The number of carbonyl (C=O) groups is 1. The molecule has 0 fully saturated rings. The maximum Gasteiger partial charge on any atom is 0.356 e. The van der Waals surface area contributed by atoms with Crippen LogP contribution in [-0.2, 0) is 6.61 Å². The molecule has 0 spiro atoms. The Morgan fingerprint density at radius 1 is 1.53 bits per heavy atom. The van der Waals surface area contributed by atoms with E-state index >= 15 is 0 Å². The molecule has 15 heavy (non-hydrogen) atoms. The van der Waals surface area contributed by atoms with E-state index in [1.54, 1.807) is 12.1 Å². The number of fused-ring (bicyclic) bond motifs is 1. The zero-order valence-corrected chi connectivity index (χ0v) is 8.27. The molecule has 0 aromatic carbocycles. The average Bonchev–Trinajstić information content (AvgIpc) is 2.55. The van der Waals surface area contributed by atoms with E-state index in [4.69, 9.17) is 21.8 Å². The summed E-state index contributed by atoms with van der Waals surface area (Å²) >= 11 is 5.76. The summed E-state index contributed by atoms with van der Waals surface area (Å²) in [6.07, 6.45) is 1.52. The fourth-order valence-corrected chi connectivity index (χ4v) is 1.55. The van der Waals surface area contributed by atoms with Crippen molar-refractivity contribution < 1.29 is 15.0 Å². The molecule has 0 aliphatic carbocycles. The van der Waals surface area contributed by atoms with Crippen LogP contribution in [0, 0.1) is 0 Å². The zero-order chi connectivity index (χ0) is 11.0. The highest BCUT2D eigenvalue weighted by Crippen LogP contribution is 2.17. The molecule has 0 unspecified atom stereocenters. The van der Waals surface area contributed by atoms with Gasteiger partial charge in [0.2, 0.25) is 0 Å². The van der Waals surface area contributed by atoms with Crippen LogP contribution in [0.5, 0.6) is 0 Å². The number of aliphatic hydroxyl groups is 1. The van der Waals surface area contributed by atoms with Crippen LogP contribution in [0.1, 0.15) is 16.3 Å². The van der Waals surface area contributed by atoms with Gasteiger partial charge in [0.1, 0.15) is 12.4 Å². The van der Waals surface area contributed by atoms with Crippen molar-refractivity contribution in [2.24, 2.45) is 0 Å². The molecule has 2 heterocycles. The number of halogens is 1. The molecular formula is C9H7ClN2O3. The minimum atomic E-state index is -1.13. The number of rotatable bonds is 2. The highest BCUT2D eigenvalue weighted by Gasteiger charge is 2.15. The van der Waals surface area contributed by atoms with E-state index in [0.717, 1.165) is 0 Å². The predicted molar refractivity (Wildman–Crippen MR) is 53.1 cm³/mol. The quantitative estimate of drug-likeness (QED) is 0.806. The van der Waals surface area contributed by atoms with Gasteiger partial charge in [-0.05, 0) is 12.1 Å². The Hall–Kier alpha value is -1.59. The third-order valence-corrected chi connectivity index (χ3v) is 2.24. The number of hydrogen-bond acceptors (Lipinski definition) is 3. The van der Waals surface area contributed by atoms with Gasteiger partial charge in [-0.1, -0.05) is 11.6 Å². The molecule has 0 aliphatic rings. The van der Waals surface area contributed by atoms with Gasteiger partial charge in [0.25, 0.3) is 0 Å². The van der Waals surface area contributed by atoms with Gasteiger partial charge in [-0.3, -0.25) is 4.40 Å². The molecule has 0 aliphatic heterocycles.